The summed E-state index contributed by atoms with van der Waals surface area (Å²) in [5, 5.41) is 16.4. The molecule has 0 saturated heterocycles. The fraction of sp³-hybridized carbons (Fsp3) is 0.833. The summed E-state index contributed by atoms with van der Waals surface area (Å²) in [5.74, 6) is 0. The molecule has 0 amide bonds. The van der Waals surface area contributed by atoms with E-state index >= 15 is 0 Å². The predicted molar refractivity (Wildman–Crippen MR) is 86.0 cm³/mol. The minimum Gasteiger partial charge on any atom is -0.198 e. The highest BCUT2D eigenvalue weighted by Gasteiger charge is 2.15. The van der Waals surface area contributed by atoms with Crippen LogP contribution in [0.2, 0.25) is 38.3 Å². The van der Waals surface area contributed by atoms with Gasteiger partial charge in [-0.25, -0.2) is 0 Å². The number of hydrogen-bond acceptors (Lipinski definition) is 2. The second-order valence-corrected chi connectivity index (χ2v) is 19.5. The average Bonchev–Trinajstić information content (AvgIpc) is 2.16. The van der Waals surface area contributed by atoms with Crippen LogP contribution >= 0.6 is 22.2 Å². The predicted octanol–water partition coefficient (Wildman–Crippen LogP) is 5.47. The van der Waals surface area contributed by atoms with Gasteiger partial charge in [-0.05, 0) is 24.9 Å². The summed E-state index contributed by atoms with van der Waals surface area (Å²) in [6.45, 7) is 8.41. The van der Waals surface area contributed by atoms with Gasteiger partial charge >= 0.3 is 0 Å². The molecular formula is C12H24Cl2N2Si2. The van der Waals surface area contributed by atoms with Crippen LogP contribution in [0.3, 0.4) is 0 Å². The Kier molecular flexibility index (Phi) is 12.3. The third-order valence-corrected chi connectivity index (χ3v) is 6.34. The Balaban J connectivity index is 0. The first-order valence-electron chi connectivity index (χ1n) is 6.24. The molecule has 0 fully saturated rings. The molecule has 0 heterocycles. The fourth-order valence-electron chi connectivity index (χ4n) is 1.18. The van der Waals surface area contributed by atoms with Crippen molar-refractivity contribution >= 4 is 36.9 Å². The van der Waals surface area contributed by atoms with Crippen molar-refractivity contribution in [3.8, 4) is 12.1 Å². The largest absolute Gasteiger partial charge is 0.198 e. The molecule has 0 aliphatic carbocycles. The summed E-state index contributed by atoms with van der Waals surface area (Å²) in [7, 11) is -2.75. The van der Waals surface area contributed by atoms with Gasteiger partial charge in [0, 0.05) is 12.8 Å². The number of unbranched alkanes of at least 4 members (excludes halogenated alkanes) is 2. The second-order valence-electron chi connectivity index (χ2n) is 5.46. The molecule has 0 N–H and O–H groups in total. The summed E-state index contributed by atoms with van der Waals surface area (Å²) in [6, 6.07) is 6.32. The first-order valence-corrected chi connectivity index (χ1v) is 14.7. The molecule has 2 nitrogen and oxygen atoms in total. The summed E-state index contributed by atoms with van der Waals surface area (Å²) in [4.78, 5) is 0. The smallest absolute Gasteiger partial charge is 0.150 e. The van der Waals surface area contributed by atoms with Crippen LogP contribution in [-0.4, -0.2) is 14.8 Å². The van der Waals surface area contributed by atoms with Crippen molar-refractivity contribution in [3.05, 3.63) is 0 Å². The molecule has 0 radical (unpaired) electrons. The summed E-state index contributed by atoms with van der Waals surface area (Å²) < 4.78 is 0. The van der Waals surface area contributed by atoms with E-state index in [-0.39, 0.29) is 0 Å². The van der Waals surface area contributed by atoms with E-state index in [1.165, 1.54) is 0 Å². The molecule has 0 aromatic carbocycles. The Labute approximate surface area is 123 Å². The molecule has 0 atom stereocenters. The maximum absolute atomic E-state index is 8.19. The zero-order valence-corrected chi connectivity index (χ0v) is 15.4. The summed E-state index contributed by atoms with van der Waals surface area (Å²) in [6.07, 6.45) is 3.25. The maximum atomic E-state index is 8.19. The van der Waals surface area contributed by atoms with Gasteiger partial charge in [-0.3, -0.25) is 0 Å². The van der Waals surface area contributed by atoms with Gasteiger partial charge in [0.15, 0.2) is 14.8 Å². The van der Waals surface area contributed by atoms with E-state index in [9.17, 15) is 0 Å². The van der Waals surface area contributed by atoms with E-state index in [0.29, 0.717) is 12.8 Å². The fourth-order valence-corrected chi connectivity index (χ4v) is 4.01. The lowest BCUT2D eigenvalue weighted by molar-refractivity contribution is 0.950. The van der Waals surface area contributed by atoms with Crippen molar-refractivity contribution in [2.45, 2.75) is 64.0 Å². The quantitative estimate of drug-likeness (QED) is 0.370. The van der Waals surface area contributed by atoms with Gasteiger partial charge in [-0.2, -0.15) is 32.7 Å². The third kappa shape index (κ3) is 25.0. The summed E-state index contributed by atoms with van der Waals surface area (Å²) >= 11 is 12.0. The molecule has 0 spiro atoms. The Morgan fingerprint density at radius 1 is 0.778 bits per heavy atom. The molecule has 0 aliphatic heterocycles. The Morgan fingerprint density at radius 2 is 1.06 bits per heavy atom. The molecular weight excluding hydrogens is 299 g/mol. The van der Waals surface area contributed by atoms with Crippen molar-refractivity contribution < 1.29 is 0 Å². The lowest BCUT2D eigenvalue weighted by atomic mass is 10.4. The van der Waals surface area contributed by atoms with Gasteiger partial charge < -0.3 is 0 Å². The van der Waals surface area contributed by atoms with E-state index in [4.69, 9.17) is 32.7 Å². The van der Waals surface area contributed by atoms with Crippen LogP contribution in [0.5, 0.6) is 0 Å². The lowest BCUT2D eigenvalue weighted by Crippen LogP contribution is -2.14. The van der Waals surface area contributed by atoms with Crippen molar-refractivity contribution in [3.63, 3.8) is 0 Å². The van der Waals surface area contributed by atoms with Crippen molar-refractivity contribution in [2.75, 3.05) is 0 Å². The molecule has 104 valence electrons. The van der Waals surface area contributed by atoms with E-state index in [2.05, 4.69) is 38.3 Å². The number of halogens is 2. The van der Waals surface area contributed by atoms with E-state index in [1.807, 2.05) is 0 Å². The zero-order chi connectivity index (χ0) is 14.7. The molecule has 0 aliphatic rings. The zero-order valence-electron chi connectivity index (χ0n) is 11.9. The average molecular weight is 323 g/mol. The van der Waals surface area contributed by atoms with Crippen LogP contribution in [0.25, 0.3) is 0 Å². The van der Waals surface area contributed by atoms with Gasteiger partial charge in [0.1, 0.15) is 0 Å². The monoisotopic (exact) mass is 322 g/mol. The molecule has 0 aromatic heterocycles. The highest BCUT2D eigenvalue weighted by molar-refractivity contribution is 7.19. The number of nitrogens with zero attached hydrogens (tertiary/aromatic N) is 2. The minimum atomic E-state index is -1.37. The SMILES string of the molecule is C[Si](C)(Cl)CCCC#N.C[Si](C)(Cl)CCCC#N. The highest BCUT2D eigenvalue weighted by atomic mass is 35.6. The standard InChI is InChI=1S/2C6H12ClNSi/c2*1-9(2,7)6-4-3-5-8/h2*3-4,6H2,1-2H3. The Morgan fingerprint density at radius 3 is 1.22 bits per heavy atom. The minimum absolute atomic E-state index is 0.656. The van der Waals surface area contributed by atoms with Crippen molar-refractivity contribution in [1.82, 2.24) is 0 Å². The van der Waals surface area contributed by atoms with E-state index in [0.717, 1.165) is 24.9 Å². The van der Waals surface area contributed by atoms with Gasteiger partial charge in [0.05, 0.1) is 12.1 Å². The summed E-state index contributed by atoms with van der Waals surface area (Å²) in [5.41, 5.74) is 0. The highest BCUT2D eigenvalue weighted by Crippen LogP contribution is 2.17. The van der Waals surface area contributed by atoms with Gasteiger partial charge in [0.25, 0.3) is 0 Å². The van der Waals surface area contributed by atoms with Gasteiger partial charge in [-0.15, -0.1) is 0 Å². The lowest BCUT2D eigenvalue weighted by Gasteiger charge is -2.09. The molecule has 0 unspecified atom stereocenters. The normalized spacial score (nSPS) is 10.9. The first kappa shape index (κ1) is 20.3. The van der Waals surface area contributed by atoms with Crippen LogP contribution in [-0.2, 0) is 0 Å². The molecule has 0 bridgehead atoms. The second kappa shape index (κ2) is 10.9. The molecule has 0 saturated carbocycles. The van der Waals surface area contributed by atoms with Crippen LogP contribution in [0.1, 0.15) is 25.7 Å². The molecule has 18 heavy (non-hydrogen) atoms. The Bertz CT molecular complexity index is 252. The van der Waals surface area contributed by atoms with Crippen molar-refractivity contribution in [2.24, 2.45) is 0 Å². The van der Waals surface area contributed by atoms with E-state index < -0.39 is 14.8 Å². The topological polar surface area (TPSA) is 47.6 Å². The number of hydrogen-bond donors (Lipinski definition) is 0. The van der Waals surface area contributed by atoms with E-state index in [1.54, 1.807) is 0 Å². The van der Waals surface area contributed by atoms with Gasteiger partial charge in [0.2, 0.25) is 0 Å². The number of nitriles is 2. The molecule has 6 heteroatoms. The van der Waals surface area contributed by atoms with Crippen LogP contribution in [0.15, 0.2) is 0 Å². The van der Waals surface area contributed by atoms with Crippen LogP contribution in [0.4, 0.5) is 0 Å². The molecule has 0 rings (SSSR count). The Hall–Kier alpha value is -0.00623. The van der Waals surface area contributed by atoms with Gasteiger partial charge in [-0.1, -0.05) is 26.2 Å². The number of rotatable bonds is 6. The van der Waals surface area contributed by atoms with Crippen LogP contribution < -0.4 is 0 Å². The third-order valence-electron chi connectivity index (χ3n) is 2.12. The maximum Gasteiger partial charge on any atom is 0.150 e. The van der Waals surface area contributed by atoms with Crippen LogP contribution in [0, 0.1) is 22.7 Å². The van der Waals surface area contributed by atoms with Crippen molar-refractivity contribution in [1.29, 1.82) is 10.5 Å². The first-order chi connectivity index (χ1) is 8.12. The molecule has 0 aromatic rings.